The molecule has 1 saturated heterocycles. The standard InChI is InChI=1S/C31H55N3O5/c1-9-12-13-14-15-16-17-20-24(32-23(4)19-18-21-33(10-2)11-3)25-26(35)31(29(37)38-8)22-39-28(30(5,6)7)34(31)27(25)36/h23,28,35H,9-22H2,1-8H3/t23?,28-,31-/m1/s1. The molecule has 1 unspecified atom stereocenters. The van der Waals surface area contributed by atoms with Crippen molar-refractivity contribution >= 4 is 17.6 Å². The van der Waals surface area contributed by atoms with Gasteiger partial charge in [0, 0.05) is 11.5 Å². The summed E-state index contributed by atoms with van der Waals surface area (Å²) < 4.78 is 11.1. The van der Waals surface area contributed by atoms with Crippen molar-refractivity contribution in [2.45, 2.75) is 130 Å². The molecule has 2 aliphatic heterocycles. The maximum absolute atomic E-state index is 14.0. The fourth-order valence-corrected chi connectivity index (χ4v) is 5.74. The van der Waals surface area contributed by atoms with Gasteiger partial charge in [-0.05, 0) is 52.2 Å². The number of carbonyl (C=O) groups excluding carboxylic acids is 2. The maximum Gasteiger partial charge on any atom is 0.342 e. The van der Waals surface area contributed by atoms with E-state index in [4.69, 9.17) is 14.5 Å². The van der Waals surface area contributed by atoms with Gasteiger partial charge >= 0.3 is 5.97 Å². The van der Waals surface area contributed by atoms with Gasteiger partial charge in [-0.25, -0.2) is 4.79 Å². The summed E-state index contributed by atoms with van der Waals surface area (Å²) >= 11 is 0. The van der Waals surface area contributed by atoms with Crippen LogP contribution in [0.15, 0.2) is 16.3 Å². The number of amides is 1. The van der Waals surface area contributed by atoms with E-state index in [1.54, 1.807) is 0 Å². The second kappa shape index (κ2) is 15.2. The minimum absolute atomic E-state index is 0.00704. The smallest absolute Gasteiger partial charge is 0.342 e. The third kappa shape index (κ3) is 7.84. The summed E-state index contributed by atoms with van der Waals surface area (Å²) in [5.41, 5.74) is -1.35. The van der Waals surface area contributed by atoms with Gasteiger partial charge in [-0.3, -0.25) is 14.7 Å². The molecule has 0 radical (unpaired) electrons. The monoisotopic (exact) mass is 549 g/mol. The van der Waals surface area contributed by atoms with Gasteiger partial charge < -0.3 is 19.5 Å². The lowest BCUT2D eigenvalue weighted by Gasteiger charge is -2.36. The summed E-state index contributed by atoms with van der Waals surface area (Å²) in [4.78, 5) is 36.0. The Bertz CT molecular complexity index is 874. The molecule has 0 spiro atoms. The van der Waals surface area contributed by atoms with E-state index in [2.05, 4.69) is 32.6 Å². The van der Waals surface area contributed by atoms with Crippen LogP contribution in [0.4, 0.5) is 0 Å². The van der Waals surface area contributed by atoms with Crippen molar-refractivity contribution < 1.29 is 24.2 Å². The Balaban J connectivity index is 2.36. The molecular weight excluding hydrogens is 494 g/mol. The molecular formula is C31H55N3O5. The van der Waals surface area contributed by atoms with Gasteiger partial charge in [0.1, 0.15) is 17.6 Å². The van der Waals surface area contributed by atoms with Crippen LogP contribution < -0.4 is 0 Å². The fourth-order valence-electron chi connectivity index (χ4n) is 5.74. The number of esters is 1. The summed E-state index contributed by atoms with van der Waals surface area (Å²) in [7, 11) is 1.28. The van der Waals surface area contributed by atoms with Gasteiger partial charge in [0.2, 0.25) is 5.54 Å². The van der Waals surface area contributed by atoms with Crippen LogP contribution in [0, 0.1) is 5.41 Å². The van der Waals surface area contributed by atoms with Crippen molar-refractivity contribution in [3.05, 3.63) is 11.3 Å². The molecule has 2 heterocycles. The summed E-state index contributed by atoms with van der Waals surface area (Å²) in [5, 5.41) is 11.6. The van der Waals surface area contributed by atoms with Gasteiger partial charge in [-0.1, -0.05) is 80.1 Å². The lowest BCUT2D eigenvalue weighted by Crippen LogP contribution is -2.56. The Morgan fingerprint density at radius 2 is 1.74 bits per heavy atom. The number of aliphatic imine (C=N–C) groups is 1. The molecule has 3 atom stereocenters. The molecule has 0 aromatic carbocycles. The highest BCUT2D eigenvalue weighted by Crippen LogP contribution is 2.47. The molecule has 0 saturated carbocycles. The van der Waals surface area contributed by atoms with Crippen LogP contribution in [0.2, 0.25) is 0 Å². The van der Waals surface area contributed by atoms with Crippen LogP contribution in [0.25, 0.3) is 0 Å². The van der Waals surface area contributed by atoms with Crippen molar-refractivity contribution in [2.24, 2.45) is 10.4 Å². The first-order valence-corrected chi connectivity index (χ1v) is 15.3. The third-order valence-electron chi connectivity index (χ3n) is 8.09. The van der Waals surface area contributed by atoms with Crippen LogP contribution in [-0.4, -0.2) is 83.7 Å². The molecule has 0 aliphatic carbocycles. The number of fused-ring (bicyclic) bond motifs is 1. The van der Waals surface area contributed by atoms with Crippen molar-refractivity contribution in [1.29, 1.82) is 0 Å². The molecule has 8 heteroatoms. The number of hydrogen-bond donors (Lipinski definition) is 1. The zero-order chi connectivity index (χ0) is 29.2. The molecule has 39 heavy (non-hydrogen) atoms. The second-order valence-corrected chi connectivity index (χ2v) is 12.2. The number of nitrogens with zero attached hydrogens (tertiary/aromatic N) is 3. The minimum Gasteiger partial charge on any atom is -0.508 e. The molecule has 8 nitrogen and oxygen atoms in total. The molecule has 224 valence electrons. The fraction of sp³-hybridized carbons (Fsp3) is 0.839. The highest BCUT2D eigenvalue weighted by molar-refractivity contribution is 6.25. The molecule has 0 bridgehead atoms. The van der Waals surface area contributed by atoms with E-state index in [9.17, 15) is 14.7 Å². The number of ether oxygens (including phenoxy) is 2. The largest absolute Gasteiger partial charge is 0.508 e. The quantitative estimate of drug-likeness (QED) is 0.135. The normalized spacial score (nSPS) is 22.7. The van der Waals surface area contributed by atoms with E-state index in [1.165, 1.54) is 37.7 Å². The predicted octanol–water partition coefficient (Wildman–Crippen LogP) is 6.05. The van der Waals surface area contributed by atoms with E-state index in [0.717, 1.165) is 51.7 Å². The lowest BCUT2D eigenvalue weighted by atomic mass is 9.91. The average molecular weight is 550 g/mol. The van der Waals surface area contributed by atoms with E-state index >= 15 is 0 Å². The van der Waals surface area contributed by atoms with E-state index in [0.29, 0.717) is 12.1 Å². The van der Waals surface area contributed by atoms with Gasteiger partial charge in [0.05, 0.1) is 19.4 Å². The van der Waals surface area contributed by atoms with Crippen LogP contribution in [0.5, 0.6) is 0 Å². The van der Waals surface area contributed by atoms with E-state index in [-0.39, 0.29) is 24.0 Å². The number of carbonyl (C=O) groups is 2. The predicted molar refractivity (Wildman–Crippen MR) is 157 cm³/mol. The first kappa shape index (κ1) is 33.3. The number of rotatable bonds is 17. The maximum atomic E-state index is 14.0. The number of methoxy groups -OCH3 is 1. The number of hydrogen-bond acceptors (Lipinski definition) is 7. The SMILES string of the molecule is CCCCCCCCCC(=NC(C)CCCN(CC)CC)C1=C(O)[C@@]2(C(=O)OC)CO[C@H](C(C)(C)C)N2C1=O. The third-order valence-corrected chi connectivity index (χ3v) is 8.09. The first-order valence-electron chi connectivity index (χ1n) is 15.3. The van der Waals surface area contributed by atoms with Crippen LogP contribution in [-0.2, 0) is 19.1 Å². The zero-order valence-corrected chi connectivity index (χ0v) is 26.0. The number of aliphatic hydroxyl groups is 1. The molecule has 2 rings (SSSR count). The second-order valence-electron chi connectivity index (χ2n) is 12.2. The summed E-state index contributed by atoms with van der Waals surface area (Å²) in [5.74, 6) is -1.35. The van der Waals surface area contributed by atoms with Crippen molar-refractivity contribution in [3.63, 3.8) is 0 Å². The molecule has 1 N–H and O–H groups in total. The molecule has 1 fully saturated rings. The molecule has 2 aliphatic rings. The van der Waals surface area contributed by atoms with Gasteiger partial charge in [-0.2, -0.15) is 0 Å². The highest BCUT2D eigenvalue weighted by Gasteiger charge is 2.67. The van der Waals surface area contributed by atoms with Crippen LogP contribution in [0.1, 0.15) is 113 Å². The molecule has 0 aromatic heterocycles. The van der Waals surface area contributed by atoms with Gasteiger partial charge in [0.15, 0.2) is 0 Å². The van der Waals surface area contributed by atoms with Crippen LogP contribution in [0.3, 0.4) is 0 Å². The first-order chi connectivity index (χ1) is 18.5. The summed E-state index contributed by atoms with van der Waals surface area (Å²) in [6.45, 7) is 17.4. The summed E-state index contributed by atoms with van der Waals surface area (Å²) in [6.07, 6.45) is 9.81. The van der Waals surface area contributed by atoms with Crippen LogP contribution >= 0.6 is 0 Å². The topological polar surface area (TPSA) is 91.7 Å². The van der Waals surface area contributed by atoms with Crippen molar-refractivity contribution in [3.8, 4) is 0 Å². The lowest BCUT2D eigenvalue weighted by molar-refractivity contribution is -0.158. The molecule has 0 aromatic rings. The Hall–Kier alpha value is -1.93. The average Bonchev–Trinajstić information content (AvgIpc) is 3.40. The minimum atomic E-state index is -1.66. The van der Waals surface area contributed by atoms with Crippen molar-refractivity contribution in [1.82, 2.24) is 9.80 Å². The summed E-state index contributed by atoms with van der Waals surface area (Å²) in [6, 6.07) is -0.00704. The van der Waals surface area contributed by atoms with Gasteiger partial charge in [-0.15, -0.1) is 0 Å². The Morgan fingerprint density at radius 1 is 1.13 bits per heavy atom. The number of unbranched alkanes of at least 4 members (excludes halogenated alkanes) is 6. The zero-order valence-electron chi connectivity index (χ0n) is 26.0. The van der Waals surface area contributed by atoms with Gasteiger partial charge in [0.25, 0.3) is 5.91 Å². The number of aliphatic hydroxyl groups excluding tert-OH is 1. The Morgan fingerprint density at radius 3 is 2.31 bits per heavy atom. The van der Waals surface area contributed by atoms with E-state index in [1.807, 2.05) is 20.8 Å². The van der Waals surface area contributed by atoms with E-state index < -0.39 is 29.1 Å². The van der Waals surface area contributed by atoms with Crippen molar-refractivity contribution in [2.75, 3.05) is 33.4 Å². The Kier molecular flexibility index (Phi) is 12.9. The molecule has 1 amide bonds. The highest BCUT2D eigenvalue weighted by atomic mass is 16.6. The Labute approximate surface area is 237 Å².